The largest absolute Gasteiger partial charge is 0.496 e. The molecule has 1 amide bonds. The van der Waals surface area contributed by atoms with Gasteiger partial charge in [-0.05, 0) is 38.0 Å². The van der Waals surface area contributed by atoms with Gasteiger partial charge in [-0.15, -0.1) is 10.2 Å². The molecule has 1 aliphatic rings. The van der Waals surface area contributed by atoms with Crippen molar-refractivity contribution in [1.29, 1.82) is 0 Å². The van der Waals surface area contributed by atoms with Crippen LogP contribution in [-0.2, 0) is 10.0 Å². The Labute approximate surface area is 191 Å². The molecule has 168 valence electrons. The van der Waals surface area contributed by atoms with Crippen LogP contribution in [0.3, 0.4) is 0 Å². The van der Waals surface area contributed by atoms with E-state index in [1.54, 1.807) is 0 Å². The van der Waals surface area contributed by atoms with Gasteiger partial charge >= 0.3 is 0 Å². The second-order valence-corrected chi connectivity index (χ2v) is 10.5. The van der Waals surface area contributed by atoms with Crippen molar-refractivity contribution in [2.45, 2.75) is 31.1 Å². The number of carbonyl (C=O) groups excluding carboxylic acids is 1. The summed E-state index contributed by atoms with van der Waals surface area (Å²) in [6, 6.07) is 12.2. The molecule has 8 nitrogen and oxygen atoms in total. The molecule has 2 heterocycles. The first kappa shape index (κ1) is 22.4. The van der Waals surface area contributed by atoms with Gasteiger partial charge in [-0.1, -0.05) is 47.6 Å². The molecule has 2 aromatic carbocycles. The highest BCUT2D eigenvalue weighted by Crippen LogP contribution is 2.29. The first-order chi connectivity index (χ1) is 15.4. The number of piperidine rings is 1. The molecule has 0 aliphatic carbocycles. The zero-order valence-electron chi connectivity index (χ0n) is 17.9. The molecule has 0 bridgehead atoms. The molecule has 0 saturated carbocycles. The average molecular weight is 473 g/mol. The number of nitrogens with one attached hydrogen (secondary N) is 1. The molecular weight excluding hydrogens is 448 g/mol. The van der Waals surface area contributed by atoms with Crippen LogP contribution in [0.15, 0.2) is 47.4 Å². The summed E-state index contributed by atoms with van der Waals surface area (Å²) in [5, 5.41) is 11.9. The summed E-state index contributed by atoms with van der Waals surface area (Å²) < 4.78 is 32.8. The lowest BCUT2D eigenvalue weighted by molar-refractivity contribution is 0.102. The van der Waals surface area contributed by atoms with E-state index in [-0.39, 0.29) is 16.2 Å². The van der Waals surface area contributed by atoms with Crippen molar-refractivity contribution in [1.82, 2.24) is 14.5 Å². The number of nitrogens with zero attached hydrogens (tertiary/aromatic N) is 3. The van der Waals surface area contributed by atoms with Gasteiger partial charge in [0.25, 0.3) is 5.91 Å². The fourth-order valence-electron chi connectivity index (χ4n) is 3.53. The van der Waals surface area contributed by atoms with Gasteiger partial charge in [0.15, 0.2) is 0 Å². The highest BCUT2D eigenvalue weighted by Gasteiger charge is 2.28. The van der Waals surface area contributed by atoms with Gasteiger partial charge in [-0.3, -0.25) is 10.1 Å². The number of aromatic nitrogens is 2. The smallest absolute Gasteiger partial charge is 0.261 e. The van der Waals surface area contributed by atoms with Crippen LogP contribution < -0.4 is 10.1 Å². The monoisotopic (exact) mass is 472 g/mol. The zero-order valence-corrected chi connectivity index (χ0v) is 19.5. The van der Waals surface area contributed by atoms with Crippen LogP contribution in [0, 0.1) is 6.92 Å². The Kier molecular flexibility index (Phi) is 6.54. The Bertz CT molecular complexity index is 1220. The average Bonchev–Trinajstić information content (AvgIpc) is 3.28. The van der Waals surface area contributed by atoms with E-state index in [1.165, 1.54) is 41.0 Å². The standard InChI is InChI=1S/C22H24N4O4S2/c1-15-6-8-16(9-7-15)21-24-25-22(31-21)23-20(27)18-14-17(10-11-19(18)30-2)32(28,29)26-12-4-3-5-13-26/h6-11,14H,3-5,12-13H2,1-2H3,(H,23,25,27). The maximum Gasteiger partial charge on any atom is 0.261 e. The molecule has 32 heavy (non-hydrogen) atoms. The van der Waals surface area contributed by atoms with Crippen LogP contribution in [-0.4, -0.2) is 49.0 Å². The zero-order chi connectivity index (χ0) is 22.7. The molecule has 0 atom stereocenters. The topological polar surface area (TPSA) is 101 Å². The van der Waals surface area contributed by atoms with Crippen LogP contribution in [0.2, 0.25) is 0 Å². The van der Waals surface area contributed by atoms with E-state index in [0.29, 0.717) is 23.2 Å². The fourth-order valence-corrected chi connectivity index (χ4v) is 5.82. The predicted molar refractivity (Wildman–Crippen MR) is 124 cm³/mol. The summed E-state index contributed by atoms with van der Waals surface area (Å²) in [5.74, 6) is -0.229. The minimum atomic E-state index is -3.68. The number of sulfonamides is 1. The van der Waals surface area contributed by atoms with Crippen molar-refractivity contribution in [2.24, 2.45) is 0 Å². The third-order valence-electron chi connectivity index (χ3n) is 5.31. The minimum Gasteiger partial charge on any atom is -0.496 e. The molecule has 1 aromatic heterocycles. The number of anilines is 1. The third-order valence-corrected chi connectivity index (χ3v) is 8.09. The van der Waals surface area contributed by atoms with Gasteiger partial charge in [0.2, 0.25) is 15.2 Å². The van der Waals surface area contributed by atoms with Crippen LogP contribution in [0.1, 0.15) is 35.2 Å². The molecule has 10 heteroatoms. The van der Waals surface area contributed by atoms with E-state index in [4.69, 9.17) is 4.74 Å². The quantitative estimate of drug-likeness (QED) is 0.583. The maximum atomic E-state index is 13.0. The van der Waals surface area contributed by atoms with Crippen LogP contribution in [0.5, 0.6) is 5.75 Å². The van der Waals surface area contributed by atoms with Gasteiger partial charge in [0.05, 0.1) is 17.6 Å². The van der Waals surface area contributed by atoms with E-state index < -0.39 is 15.9 Å². The molecular formula is C22H24N4O4S2. The second-order valence-electron chi connectivity index (χ2n) is 7.56. The number of aryl methyl sites for hydroxylation is 1. The SMILES string of the molecule is COc1ccc(S(=O)(=O)N2CCCCC2)cc1C(=O)Nc1nnc(-c2ccc(C)cc2)s1. The van der Waals surface area contributed by atoms with Crippen LogP contribution >= 0.6 is 11.3 Å². The summed E-state index contributed by atoms with van der Waals surface area (Å²) >= 11 is 1.24. The number of rotatable bonds is 6. The predicted octanol–water partition coefficient (Wildman–Crippen LogP) is 3.95. The number of amides is 1. The second kappa shape index (κ2) is 9.35. The third kappa shape index (κ3) is 4.67. The molecule has 3 aromatic rings. The molecule has 1 N–H and O–H groups in total. The number of benzene rings is 2. The number of ether oxygens (including phenoxy) is 1. The Hall–Kier alpha value is -2.82. The molecule has 1 fully saturated rings. The number of carbonyl (C=O) groups is 1. The fraction of sp³-hybridized carbons (Fsp3) is 0.318. The number of hydrogen-bond acceptors (Lipinski definition) is 7. The van der Waals surface area contributed by atoms with Crippen molar-refractivity contribution >= 4 is 32.4 Å². The van der Waals surface area contributed by atoms with Gasteiger partial charge in [-0.25, -0.2) is 8.42 Å². The summed E-state index contributed by atoms with van der Waals surface area (Å²) in [4.78, 5) is 13.1. The lowest BCUT2D eigenvalue weighted by Crippen LogP contribution is -2.35. The van der Waals surface area contributed by atoms with Gasteiger partial charge in [0, 0.05) is 18.7 Å². The van der Waals surface area contributed by atoms with Gasteiger partial charge < -0.3 is 4.74 Å². The highest BCUT2D eigenvalue weighted by atomic mass is 32.2. The first-order valence-corrected chi connectivity index (χ1v) is 12.5. The van der Waals surface area contributed by atoms with Gasteiger partial charge in [-0.2, -0.15) is 4.31 Å². The summed E-state index contributed by atoms with van der Waals surface area (Å²) in [6.07, 6.45) is 2.70. The van der Waals surface area contributed by atoms with E-state index >= 15 is 0 Å². The minimum absolute atomic E-state index is 0.0722. The molecule has 4 rings (SSSR count). The molecule has 1 saturated heterocycles. The molecule has 0 unspecified atom stereocenters. The van der Waals surface area contributed by atoms with Crippen molar-refractivity contribution in [3.8, 4) is 16.3 Å². The highest BCUT2D eigenvalue weighted by molar-refractivity contribution is 7.89. The Morgan fingerprint density at radius 2 is 1.78 bits per heavy atom. The van der Waals surface area contributed by atoms with E-state index in [9.17, 15) is 13.2 Å². The Morgan fingerprint density at radius 1 is 1.06 bits per heavy atom. The maximum absolute atomic E-state index is 13.0. The van der Waals surface area contributed by atoms with Crippen molar-refractivity contribution in [3.63, 3.8) is 0 Å². The van der Waals surface area contributed by atoms with E-state index in [2.05, 4.69) is 15.5 Å². The molecule has 0 spiro atoms. The summed E-state index contributed by atoms with van der Waals surface area (Å²) in [7, 11) is -2.24. The van der Waals surface area contributed by atoms with E-state index in [0.717, 1.165) is 30.4 Å². The number of methoxy groups -OCH3 is 1. The molecule has 1 aliphatic heterocycles. The first-order valence-electron chi connectivity index (χ1n) is 10.3. The number of hydrogen-bond donors (Lipinski definition) is 1. The lowest BCUT2D eigenvalue weighted by Gasteiger charge is -2.26. The summed E-state index contributed by atoms with van der Waals surface area (Å²) in [6.45, 7) is 2.98. The Morgan fingerprint density at radius 3 is 2.47 bits per heavy atom. The van der Waals surface area contributed by atoms with E-state index in [1.807, 2.05) is 31.2 Å². The van der Waals surface area contributed by atoms with Crippen LogP contribution in [0.4, 0.5) is 5.13 Å². The van der Waals surface area contributed by atoms with Crippen LogP contribution in [0.25, 0.3) is 10.6 Å². The summed E-state index contributed by atoms with van der Waals surface area (Å²) in [5.41, 5.74) is 2.16. The lowest BCUT2D eigenvalue weighted by atomic mass is 10.2. The molecule has 0 radical (unpaired) electrons. The Balaban J connectivity index is 1.58. The van der Waals surface area contributed by atoms with Gasteiger partial charge in [0.1, 0.15) is 10.8 Å². The van der Waals surface area contributed by atoms with Crippen molar-refractivity contribution in [2.75, 3.05) is 25.5 Å². The van der Waals surface area contributed by atoms with Crippen molar-refractivity contribution < 1.29 is 17.9 Å². The normalized spacial score (nSPS) is 14.8. The van der Waals surface area contributed by atoms with Crippen molar-refractivity contribution in [3.05, 3.63) is 53.6 Å².